The number of Topliss-reactive ketones (excluding diaryl/α,β-unsaturated/α-hetero) is 1. The number of rotatable bonds is 6. The Kier molecular flexibility index (Phi) is 5.16. The van der Waals surface area contributed by atoms with Crippen molar-refractivity contribution in [3.8, 4) is 0 Å². The van der Waals surface area contributed by atoms with Gasteiger partial charge in [-0.3, -0.25) is 9.59 Å². The summed E-state index contributed by atoms with van der Waals surface area (Å²) in [5.41, 5.74) is 3.44. The monoisotopic (exact) mass is 287 g/mol. The largest absolute Gasteiger partial charge is 0.345 e. The summed E-state index contributed by atoms with van der Waals surface area (Å²) in [5.74, 6) is 0.584. The van der Waals surface area contributed by atoms with E-state index in [1.54, 1.807) is 4.90 Å². The van der Waals surface area contributed by atoms with E-state index in [-0.39, 0.29) is 11.7 Å². The summed E-state index contributed by atoms with van der Waals surface area (Å²) in [5, 5.41) is 0. The number of fused-ring (bicyclic) bond motifs is 1. The van der Waals surface area contributed by atoms with Gasteiger partial charge in [0, 0.05) is 32.0 Å². The van der Waals surface area contributed by atoms with Gasteiger partial charge in [0.2, 0.25) is 5.91 Å². The van der Waals surface area contributed by atoms with Gasteiger partial charge < -0.3 is 4.90 Å². The van der Waals surface area contributed by atoms with E-state index in [0.29, 0.717) is 18.8 Å². The first-order valence-electron chi connectivity index (χ1n) is 7.86. The van der Waals surface area contributed by atoms with Gasteiger partial charge in [-0.15, -0.1) is 0 Å². The van der Waals surface area contributed by atoms with Crippen molar-refractivity contribution in [1.82, 2.24) is 4.90 Å². The van der Waals surface area contributed by atoms with Crippen LogP contribution in [0.1, 0.15) is 54.6 Å². The molecule has 0 spiro atoms. The minimum Gasteiger partial charge on any atom is -0.345 e. The Bertz CT molecular complexity index is 534. The summed E-state index contributed by atoms with van der Waals surface area (Å²) in [4.78, 5) is 25.9. The van der Waals surface area contributed by atoms with Crippen molar-refractivity contribution in [2.24, 2.45) is 5.92 Å². The average molecular weight is 287 g/mol. The Morgan fingerprint density at radius 3 is 2.57 bits per heavy atom. The summed E-state index contributed by atoms with van der Waals surface area (Å²) < 4.78 is 0. The number of nitrogens with zero attached hydrogens (tertiary/aromatic N) is 1. The van der Waals surface area contributed by atoms with Crippen LogP contribution in [0.2, 0.25) is 0 Å². The van der Waals surface area contributed by atoms with Gasteiger partial charge >= 0.3 is 0 Å². The van der Waals surface area contributed by atoms with Gasteiger partial charge in [0.25, 0.3) is 0 Å². The minimum absolute atomic E-state index is 0.0539. The molecule has 3 heteroatoms. The molecule has 0 N–H and O–H groups in total. The van der Waals surface area contributed by atoms with Gasteiger partial charge in [-0.25, -0.2) is 0 Å². The highest BCUT2D eigenvalue weighted by molar-refractivity contribution is 5.98. The van der Waals surface area contributed by atoms with Gasteiger partial charge in [0.05, 0.1) is 0 Å². The first-order chi connectivity index (χ1) is 9.97. The lowest BCUT2D eigenvalue weighted by Gasteiger charge is -2.19. The highest BCUT2D eigenvalue weighted by Gasteiger charge is 2.16. The van der Waals surface area contributed by atoms with Crippen molar-refractivity contribution in [3.05, 3.63) is 34.9 Å². The van der Waals surface area contributed by atoms with E-state index >= 15 is 0 Å². The van der Waals surface area contributed by atoms with Crippen molar-refractivity contribution in [2.45, 2.75) is 46.0 Å². The highest BCUT2D eigenvalue weighted by Crippen LogP contribution is 2.23. The van der Waals surface area contributed by atoms with E-state index in [2.05, 4.69) is 19.9 Å². The standard InChI is InChI=1S/C18H25NO2/c1-13(2)12-19(3)18(21)10-9-17(20)16-8-7-14-5-4-6-15(14)11-16/h7-8,11,13H,4-6,9-10,12H2,1-3H3. The topological polar surface area (TPSA) is 37.4 Å². The fraction of sp³-hybridized carbons (Fsp3) is 0.556. The molecule has 1 amide bonds. The lowest BCUT2D eigenvalue weighted by molar-refractivity contribution is -0.130. The first-order valence-corrected chi connectivity index (χ1v) is 7.86. The van der Waals surface area contributed by atoms with Crippen LogP contribution in [0.15, 0.2) is 18.2 Å². The summed E-state index contributed by atoms with van der Waals surface area (Å²) in [6.45, 7) is 4.91. The van der Waals surface area contributed by atoms with Crippen molar-refractivity contribution < 1.29 is 9.59 Å². The molecule has 0 aromatic heterocycles. The quantitative estimate of drug-likeness (QED) is 0.753. The van der Waals surface area contributed by atoms with Crippen molar-refractivity contribution >= 4 is 11.7 Å². The van der Waals surface area contributed by atoms with Crippen LogP contribution in [0.4, 0.5) is 0 Å². The average Bonchev–Trinajstić information content (AvgIpc) is 2.90. The number of aryl methyl sites for hydroxylation is 2. The number of carbonyl (C=O) groups excluding carboxylic acids is 2. The number of hydrogen-bond acceptors (Lipinski definition) is 2. The summed E-state index contributed by atoms with van der Waals surface area (Å²) >= 11 is 0. The second kappa shape index (κ2) is 6.88. The fourth-order valence-electron chi connectivity index (χ4n) is 2.95. The number of carbonyl (C=O) groups is 2. The molecule has 0 saturated carbocycles. The van der Waals surface area contributed by atoms with Gasteiger partial charge in [0.15, 0.2) is 5.78 Å². The summed E-state index contributed by atoms with van der Waals surface area (Å²) in [7, 11) is 1.81. The molecule has 0 radical (unpaired) electrons. The van der Waals surface area contributed by atoms with E-state index in [1.165, 1.54) is 17.5 Å². The van der Waals surface area contributed by atoms with Crippen molar-refractivity contribution in [1.29, 1.82) is 0 Å². The number of amides is 1. The number of benzene rings is 1. The first kappa shape index (κ1) is 15.7. The zero-order valence-electron chi connectivity index (χ0n) is 13.3. The molecule has 21 heavy (non-hydrogen) atoms. The number of ketones is 1. The Hall–Kier alpha value is -1.64. The predicted molar refractivity (Wildman–Crippen MR) is 84.5 cm³/mol. The van der Waals surface area contributed by atoms with Crippen LogP contribution in [-0.2, 0) is 17.6 Å². The molecule has 1 aliphatic carbocycles. The van der Waals surface area contributed by atoms with Crippen molar-refractivity contribution in [3.63, 3.8) is 0 Å². The van der Waals surface area contributed by atoms with Gasteiger partial charge in [-0.2, -0.15) is 0 Å². The van der Waals surface area contributed by atoms with Crippen LogP contribution in [0.3, 0.4) is 0 Å². The summed E-state index contributed by atoms with van der Waals surface area (Å²) in [6.07, 6.45) is 4.00. The molecule has 3 nitrogen and oxygen atoms in total. The number of hydrogen-bond donors (Lipinski definition) is 0. The smallest absolute Gasteiger partial charge is 0.222 e. The maximum Gasteiger partial charge on any atom is 0.222 e. The van der Waals surface area contributed by atoms with Crippen LogP contribution in [0, 0.1) is 5.92 Å². The summed E-state index contributed by atoms with van der Waals surface area (Å²) in [6, 6.07) is 6.00. The molecule has 114 valence electrons. The Morgan fingerprint density at radius 1 is 1.14 bits per heavy atom. The fourth-order valence-corrected chi connectivity index (χ4v) is 2.95. The van der Waals surface area contributed by atoms with E-state index in [4.69, 9.17) is 0 Å². The van der Waals surface area contributed by atoms with Crippen LogP contribution < -0.4 is 0 Å². The third-order valence-electron chi connectivity index (χ3n) is 4.05. The van der Waals surface area contributed by atoms with Crippen LogP contribution in [0.25, 0.3) is 0 Å². The maximum absolute atomic E-state index is 12.2. The second-order valence-electron chi connectivity index (χ2n) is 6.43. The molecular weight excluding hydrogens is 262 g/mol. The lowest BCUT2D eigenvalue weighted by Crippen LogP contribution is -2.30. The van der Waals surface area contributed by atoms with Crippen LogP contribution in [-0.4, -0.2) is 30.2 Å². The zero-order valence-corrected chi connectivity index (χ0v) is 13.3. The SMILES string of the molecule is CC(C)CN(C)C(=O)CCC(=O)c1ccc2c(c1)CCC2. The molecule has 0 saturated heterocycles. The lowest BCUT2D eigenvalue weighted by atomic mass is 10.0. The molecule has 0 fully saturated rings. The van der Waals surface area contributed by atoms with E-state index in [0.717, 1.165) is 24.9 Å². The van der Waals surface area contributed by atoms with E-state index in [9.17, 15) is 9.59 Å². The Balaban J connectivity index is 1.88. The molecule has 0 heterocycles. The van der Waals surface area contributed by atoms with Crippen LogP contribution >= 0.6 is 0 Å². The molecule has 1 aromatic carbocycles. The Morgan fingerprint density at radius 2 is 1.86 bits per heavy atom. The van der Waals surface area contributed by atoms with Gasteiger partial charge in [-0.1, -0.05) is 26.0 Å². The molecule has 1 aliphatic rings. The maximum atomic E-state index is 12.2. The molecular formula is C18H25NO2. The Labute approximate surface area is 127 Å². The zero-order chi connectivity index (χ0) is 15.4. The van der Waals surface area contributed by atoms with E-state index < -0.39 is 0 Å². The third-order valence-corrected chi connectivity index (χ3v) is 4.05. The molecule has 2 rings (SSSR count). The second-order valence-corrected chi connectivity index (χ2v) is 6.43. The molecule has 1 aromatic rings. The predicted octanol–water partition coefficient (Wildman–Crippen LogP) is 3.25. The highest BCUT2D eigenvalue weighted by atomic mass is 16.2. The molecule has 0 aliphatic heterocycles. The molecule has 0 atom stereocenters. The van der Waals surface area contributed by atoms with Crippen molar-refractivity contribution in [2.75, 3.05) is 13.6 Å². The minimum atomic E-state index is 0.0539. The van der Waals surface area contributed by atoms with E-state index in [1.807, 2.05) is 19.2 Å². The van der Waals surface area contributed by atoms with Gasteiger partial charge in [-0.05, 0) is 42.4 Å². The molecule has 0 bridgehead atoms. The van der Waals surface area contributed by atoms with Gasteiger partial charge in [0.1, 0.15) is 0 Å². The molecule has 0 unspecified atom stereocenters. The van der Waals surface area contributed by atoms with Crippen LogP contribution in [0.5, 0.6) is 0 Å². The third kappa shape index (κ3) is 4.16. The normalized spacial score (nSPS) is 13.3.